The van der Waals surface area contributed by atoms with Crippen LogP contribution >= 0.6 is 11.8 Å². The molecule has 2 heteroatoms. The van der Waals surface area contributed by atoms with Crippen LogP contribution < -0.4 is 0 Å². The van der Waals surface area contributed by atoms with Crippen LogP contribution in [0.5, 0.6) is 0 Å². The smallest absolute Gasteiger partial charge is 0.100 e. The Labute approximate surface area is 99.7 Å². The summed E-state index contributed by atoms with van der Waals surface area (Å²) in [5.74, 6) is 0. The zero-order chi connectivity index (χ0) is 11.4. The van der Waals surface area contributed by atoms with Crippen LogP contribution in [0.4, 0.5) is 0 Å². The number of nitrogens with zero attached hydrogens (tertiary/aromatic N) is 1. The molecule has 0 aliphatic carbocycles. The van der Waals surface area contributed by atoms with Gasteiger partial charge in [0.2, 0.25) is 0 Å². The molecule has 0 heterocycles. The Morgan fingerprint density at radius 3 is 2.38 bits per heavy atom. The molecule has 0 bridgehead atoms. The first-order valence-corrected chi connectivity index (χ1v) is 5.85. The maximum Gasteiger partial charge on any atom is 0.100 e. The van der Waals surface area contributed by atoms with Crippen LogP contribution in [0.2, 0.25) is 0 Å². The molecular formula is C14H11NS. The second-order valence-corrected chi connectivity index (χ2v) is 4.64. The predicted octanol–water partition coefficient (Wildman–Crippen LogP) is 4.02. The molecule has 2 rings (SSSR count). The van der Waals surface area contributed by atoms with Crippen molar-refractivity contribution in [2.24, 2.45) is 0 Å². The molecule has 0 aliphatic heterocycles. The van der Waals surface area contributed by atoms with Crippen molar-refractivity contribution < 1.29 is 0 Å². The SMILES string of the molecule is Cc1ccc(Sc2ccccc2C#N)cc1. The van der Waals surface area contributed by atoms with Crippen molar-refractivity contribution in [2.45, 2.75) is 16.7 Å². The summed E-state index contributed by atoms with van der Waals surface area (Å²) in [6.45, 7) is 2.07. The van der Waals surface area contributed by atoms with Gasteiger partial charge in [-0.1, -0.05) is 41.6 Å². The Balaban J connectivity index is 2.27. The van der Waals surface area contributed by atoms with Gasteiger partial charge in [0.05, 0.1) is 5.56 Å². The van der Waals surface area contributed by atoms with Gasteiger partial charge in [0, 0.05) is 9.79 Å². The molecule has 0 unspecified atom stereocenters. The molecule has 0 fully saturated rings. The number of hydrogen-bond acceptors (Lipinski definition) is 2. The van der Waals surface area contributed by atoms with Crippen molar-refractivity contribution >= 4 is 11.8 Å². The van der Waals surface area contributed by atoms with Crippen molar-refractivity contribution in [1.82, 2.24) is 0 Å². The first-order valence-electron chi connectivity index (χ1n) is 5.03. The summed E-state index contributed by atoms with van der Waals surface area (Å²) in [5, 5.41) is 8.98. The largest absolute Gasteiger partial charge is 0.192 e. The fourth-order valence-corrected chi connectivity index (χ4v) is 2.28. The van der Waals surface area contributed by atoms with Gasteiger partial charge in [0.1, 0.15) is 6.07 Å². The monoisotopic (exact) mass is 225 g/mol. The summed E-state index contributed by atoms with van der Waals surface area (Å²) in [6.07, 6.45) is 0. The Bertz CT molecular complexity index is 523. The first-order chi connectivity index (χ1) is 7.79. The highest BCUT2D eigenvalue weighted by molar-refractivity contribution is 7.99. The van der Waals surface area contributed by atoms with E-state index < -0.39 is 0 Å². The molecule has 16 heavy (non-hydrogen) atoms. The van der Waals surface area contributed by atoms with Crippen molar-refractivity contribution in [3.63, 3.8) is 0 Å². The lowest BCUT2D eigenvalue weighted by atomic mass is 10.2. The van der Waals surface area contributed by atoms with E-state index in [4.69, 9.17) is 5.26 Å². The van der Waals surface area contributed by atoms with Gasteiger partial charge in [-0.25, -0.2) is 0 Å². The van der Waals surface area contributed by atoms with Gasteiger partial charge in [-0.15, -0.1) is 0 Å². The van der Waals surface area contributed by atoms with E-state index in [1.54, 1.807) is 11.8 Å². The van der Waals surface area contributed by atoms with Crippen LogP contribution in [0.3, 0.4) is 0 Å². The molecule has 0 radical (unpaired) electrons. The molecule has 2 aromatic rings. The predicted molar refractivity (Wildman–Crippen MR) is 66.5 cm³/mol. The lowest BCUT2D eigenvalue weighted by molar-refractivity contribution is 1.33. The second kappa shape index (κ2) is 4.87. The fourth-order valence-electron chi connectivity index (χ4n) is 1.38. The molecule has 0 saturated carbocycles. The molecule has 0 spiro atoms. The van der Waals surface area contributed by atoms with E-state index in [2.05, 4.69) is 37.3 Å². The van der Waals surface area contributed by atoms with Crippen molar-refractivity contribution in [2.75, 3.05) is 0 Å². The molecular weight excluding hydrogens is 214 g/mol. The van der Waals surface area contributed by atoms with Crippen LogP contribution in [0.15, 0.2) is 58.3 Å². The minimum Gasteiger partial charge on any atom is -0.192 e. The Morgan fingerprint density at radius 2 is 1.69 bits per heavy atom. The molecule has 0 N–H and O–H groups in total. The van der Waals surface area contributed by atoms with Gasteiger partial charge in [-0.05, 0) is 31.2 Å². The summed E-state index contributed by atoms with van der Waals surface area (Å²) in [7, 11) is 0. The molecule has 1 nitrogen and oxygen atoms in total. The highest BCUT2D eigenvalue weighted by atomic mass is 32.2. The van der Waals surface area contributed by atoms with E-state index in [1.165, 1.54) is 5.56 Å². The topological polar surface area (TPSA) is 23.8 Å². The van der Waals surface area contributed by atoms with Gasteiger partial charge in [0.25, 0.3) is 0 Å². The molecule has 2 aromatic carbocycles. The Hall–Kier alpha value is -1.72. The quantitative estimate of drug-likeness (QED) is 0.770. The average molecular weight is 225 g/mol. The van der Waals surface area contributed by atoms with Gasteiger partial charge in [-0.2, -0.15) is 5.26 Å². The van der Waals surface area contributed by atoms with E-state index in [1.807, 2.05) is 24.3 Å². The lowest BCUT2D eigenvalue weighted by Crippen LogP contribution is -1.80. The van der Waals surface area contributed by atoms with E-state index in [0.29, 0.717) is 0 Å². The Morgan fingerprint density at radius 1 is 1.00 bits per heavy atom. The highest BCUT2D eigenvalue weighted by Gasteiger charge is 2.02. The third-order valence-corrected chi connectivity index (χ3v) is 3.34. The highest BCUT2D eigenvalue weighted by Crippen LogP contribution is 2.29. The molecule has 0 amide bonds. The standard InChI is InChI=1S/C14H11NS/c1-11-6-8-13(9-7-11)16-14-5-3-2-4-12(14)10-15/h2-9H,1H3. The van der Waals surface area contributed by atoms with Gasteiger partial charge in [0.15, 0.2) is 0 Å². The number of rotatable bonds is 2. The molecule has 0 saturated heterocycles. The van der Waals surface area contributed by atoms with E-state index in [9.17, 15) is 0 Å². The van der Waals surface area contributed by atoms with Crippen LogP contribution in [0.1, 0.15) is 11.1 Å². The van der Waals surface area contributed by atoms with Crippen molar-refractivity contribution in [3.8, 4) is 6.07 Å². The second-order valence-electron chi connectivity index (χ2n) is 3.52. The molecule has 0 aromatic heterocycles. The van der Waals surface area contributed by atoms with Gasteiger partial charge in [-0.3, -0.25) is 0 Å². The number of nitriles is 1. The maximum absolute atomic E-state index is 8.98. The maximum atomic E-state index is 8.98. The molecule has 0 atom stereocenters. The van der Waals surface area contributed by atoms with Crippen molar-refractivity contribution in [3.05, 3.63) is 59.7 Å². The number of aryl methyl sites for hydroxylation is 1. The van der Waals surface area contributed by atoms with Crippen LogP contribution in [0.25, 0.3) is 0 Å². The van der Waals surface area contributed by atoms with Gasteiger partial charge < -0.3 is 0 Å². The number of benzene rings is 2. The van der Waals surface area contributed by atoms with Crippen LogP contribution in [-0.2, 0) is 0 Å². The summed E-state index contributed by atoms with van der Waals surface area (Å²) < 4.78 is 0. The summed E-state index contributed by atoms with van der Waals surface area (Å²) in [4.78, 5) is 2.17. The van der Waals surface area contributed by atoms with Crippen LogP contribution in [-0.4, -0.2) is 0 Å². The lowest BCUT2D eigenvalue weighted by Gasteiger charge is -2.03. The zero-order valence-electron chi connectivity index (χ0n) is 8.97. The summed E-state index contributed by atoms with van der Waals surface area (Å²) >= 11 is 1.62. The van der Waals surface area contributed by atoms with Crippen LogP contribution in [0, 0.1) is 18.3 Å². The average Bonchev–Trinajstić information content (AvgIpc) is 2.33. The Kier molecular flexibility index (Phi) is 3.28. The van der Waals surface area contributed by atoms with E-state index in [0.717, 1.165) is 15.4 Å². The molecule has 78 valence electrons. The van der Waals surface area contributed by atoms with Gasteiger partial charge >= 0.3 is 0 Å². The van der Waals surface area contributed by atoms with E-state index >= 15 is 0 Å². The fraction of sp³-hybridized carbons (Fsp3) is 0.0714. The molecule has 0 aliphatic rings. The first kappa shape index (κ1) is 10.8. The third-order valence-electron chi connectivity index (χ3n) is 2.26. The third kappa shape index (κ3) is 2.44. The summed E-state index contributed by atoms with van der Waals surface area (Å²) in [6, 6.07) is 18.2. The zero-order valence-corrected chi connectivity index (χ0v) is 9.79. The van der Waals surface area contributed by atoms with Crippen molar-refractivity contribution in [1.29, 1.82) is 5.26 Å². The minimum atomic E-state index is 0.730. The minimum absolute atomic E-state index is 0.730. The number of hydrogen-bond donors (Lipinski definition) is 0. The summed E-state index contributed by atoms with van der Waals surface area (Å²) in [5.41, 5.74) is 1.98. The van der Waals surface area contributed by atoms with E-state index in [-0.39, 0.29) is 0 Å². The normalized spacial score (nSPS) is 9.75.